The molecule has 7 rings (SSSR count). The van der Waals surface area contributed by atoms with E-state index in [1.165, 1.54) is 36.8 Å². The molecule has 0 radical (unpaired) electrons. The van der Waals surface area contributed by atoms with Crippen molar-refractivity contribution < 1.29 is 19.2 Å². The van der Waals surface area contributed by atoms with Gasteiger partial charge in [0, 0.05) is 4.88 Å². The fraction of sp³-hybridized carbons (Fsp3) is 0.654. The van der Waals surface area contributed by atoms with Crippen LogP contribution in [0.4, 0.5) is 10.7 Å². The Labute approximate surface area is 213 Å². The van der Waals surface area contributed by atoms with E-state index in [0.717, 1.165) is 55.4 Å². The number of carbonyl (C=O) groups excluding carboxylic acids is 2. The van der Waals surface area contributed by atoms with Crippen LogP contribution >= 0.6 is 11.3 Å². The maximum atomic E-state index is 13.4. The van der Waals surface area contributed by atoms with E-state index in [1.54, 1.807) is 4.68 Å². The topological polar surface area (TPSA) is 116 Å². The normalized spacial score (nSPS) is 28.1. The van der Waals surface area contributed by atoms with Gasteiger partial charge in [0.1, 0.15) is 11.2 Å². The van der Waals surface area contributed by atoms with Crippen LogP contribution in [-0.4, -0.2) is 33.2 Å². The lowest BCUT2D eigenvalue weighted by molar-refractivity contribution is -0.385. The van der Waals surface area contributed by atoms with Gasteiger partial charge >= 0.3 is 11.7 Å². The third kappa shape index (κ3) is 3.93. The molecule has 0 aliphatic heterocycles. The number of thiophene rings is 1. The molecule has 192 valence electrons. The fourth-order valence-electron chi connectivity index (χ4n) is 7.55. The van der Waals surface area contributed by atoms with Crippen molar-refractivity contribution in [2.45, 2.75) is 83.1 Å². The van der Waals surface area contributed by atoms with Crippen molar-refractivity contribution >= 4 is 33.9 Å². The lowest BCUT2D eigenvalue weighted by atomic mass is 9.53. The molecule has 36 heavy (non-hydrogen) atoms. The molecule has 5 aliphatic carbocycles. The Morgan fingerprint density at radius 3 is 2.50 bits per heavy atom. The van der Waals surface area contributed by atoms with E-state index in [0.29, 0.717) is 41.3 Å². The molecule has 2 aromatic heterocycles. The molecule has 4 fully saturated rings. The smallest absolute Gasteiger partial charge is 0.341 e. The van der Waals surface area contributed by atoms with Crippen LogP contribution in [-0.2, 0) is 23.1 Å². The SMILES string of the molecule is CCCOC(=O)c1c(NC(=O)c2nn(C34CC5CC(CC(C5)C3)C4)cc2[N+](=O)[O-])sc2c1CCCC2. The van der Waals surface area contributed by atoms with Gasteiger partial charge in [-0.2, -0.15) is 5.10 Å². The highest BCUT2D eigenvalue weighted by Crippen LogP contribution is 2.58. The highest BCUT2D eigenvalue weighted by atomic mass is 32.1. The number of nitrogens with zero attached hydrogens (tertiary/aromatic N) is 3. The van der Waals surface area contributed by atoms with Crippen LogP contribution in [0.1, 0.15) is 96.0 Å². The molecule has 1 amide bonds. The number of esters is 1. The predicted octanol–water partition coefficient (Wildman–Crippen LogP) is 5.48. The summed E-state index contributed by atoms with van der Waals surface area (Å²) in [5.74, 6) is 0.844. The van der Waals surface area contributed by atoms with E-state index >= 15 is 0 Å². The van der Waals surface area contributed by atoms with Gasteiger partial charge in [-0.1, -0.05) is 6.92 Å². The van der Waals surface area contributed by atoms with Gasteiger partial charge in [-0.25, -0.2) is 4.79 Å². The summed E-state index contributed by atoms with van der Waals surface area (Å²) in [7, 11) is 0. The Bertz CT molecular complexity index is 1200. The molecule has 0 aromatic carbocycles. The summed E-state index contributed by atoms with van der Waals surface area (Å²) in [5.41, 5.74) is 0.653. The largest absolute Gasteiger partial charge is 0.462 e. The molecule has 0 unspecified atom stereocenters. The third-order valence-corrected chi connectivity index (χ3v) is 9.85. The fourth-order valence-corrected chi connectivity index (χ4v) is 8.82. The number of aryl methyl sites for hydroxylation is 1. The number of fused-ring (bicyclic) bond motifs is 1. The molecule has 5 aliphatic rings. The Balaban J connectivity index is 1.32. The van der Waals surface area contributed by atoms with Crippen molar-refractivity contribution in [3.63, 3.8) is 0 Å². The standard InChI is InChI=1S/C26H32N4O5S/c1-2-7-35-25(32)21-18-5-3-4-6-20(18)36-24(21)27-23(31)22-19(30(33)34)14-29(28-22)26-11-15-8-16(12-26)10-17(9-15)13-26/h14-17H,2-13H2,1H3,(H,27,31). The number of carbonyl (C=O) groups is 2. The quantitative estimate of drug-likeness (QED) is 0.298. The zero-order chi connectivity index (χ0) is 25.0. The molecular weight excluding hydrogens is 480 g/mol. The highest BCUT2D eigenvalue weighted by Gasteiger charge is 2.53. The van der Waals surface area contributed by atoms with Crippen LogP contribution < -0.4 is 5.32 Å². The van der Waals surface area contributed by atoms with Gasteiger partial charge in [-0.05, 0) is 93.9 Å². The minimum Gasteiger partial charge on any atom is -0.462 e. The van der Waals surface area contributed by atoms with E-state index < -0.39 is 16.8 Å². The monoisotopic (exact) mass is 512 g/mol. The van der Waals surface area contributed by atoms with Crippen molar-refractivity contribution in [3.05, 3.63) is 38.0 Å². The Morgan fingerprint density at radius 1 is 1.19 bits per heavy atom. The second kappa shape index (κ2) is 8.97. The Hall–Kier alpha value is -2.75. The molecule has 0 atom stereocenters. The first-order valence-electron chi connectivity index (χ1n) is 13.2. The van der Waals surface area contributed by atoms with Gasteiger partial charge in [-0.3, -0.25) is 19.6 Å². The van der Waals surface area contributed by atoms with Crippen LogP contribution in [0, 0.1) is 27.9 Å². The van der Waals surface area contributed by atoms with E-state index in [-0.39, 0.29) is 16.9 Å². The molecule has 10 heteroatoms. The molecule has 0 spiro atoms. The van der Waals surface area contributed by atoms with Crippen molar-refractivity contribution in [3.8, 4) is 0 Å². The van der Waals surface area contributed by atoms with E-state index in [1.807, 2.05) is 6.92 Å². The summed E-state index contributed by atoms with van der Waals surface area (Å²) in [6, 6.07) is 0. The first-order chi connectivity index (χ1) is 17.4. The number of aromatic nitrogens is 2. The van der Waals surface area contributed by atoms with E-state index in [9.17, 15) is 19.7 Å². The van der Waals surface area contributed by atoms with E-state index in [2.05, 4.69) is 10.4 Å². The lowest BCUT2D eigenvalue weighted by Gasteiger charge is -2.56. The maximum Gasteiger partial charge on any atom is 0.341 e. The zero-order valence-electron chi connectivity index (χ0n) is 20.6. The average molecular weight is 513 g/mol. The molecule has 2 heterocycles. The molecule has 1 N–H and O–H groups in total. The van der Waals surface area contributed by atoms with Crippen LogP contribution in [0.25, 0.3) is 0 Å². The predicted molar refractivity (Wildman–Crippen MR) is 135 cm³/mol. The number of rotatable bonds is 7. The molecule has 0 saturated heterocycles. The van der Waals surface area contributed by atoms with Gasteiger partial charge in [0.15, 0.2) is 0 Å². The number of nitro groups is 1. The maximum absolute atomic E-state index is 13.4. The average Bonchev–Trinajstić information content (AvgIpc) is 3.44. The van der Waals surface area contributed by atoms with Gasteiger partial charge < -0.3 is 10.1 Å². The Kier molecular flexibility index (Phi) is 5.89. The van der Waals surface area contributed by atoms with Crippen molar-refractivity contribution in [2.24, 2.45) is 17.8 Å². The molecule has 4 bridgehead atoms. The first kappa shape index (κ1) is 23.6. The molecule has 9 nitrogen and oxygen atoms in total. The number of anilines is 1. The summed E-state index contributed by atoms with van der Waals surface area (Å²) in [6.45, 7) is 2.23. The van der Waals surface area contributed by atoms with Gasteiger partial charge in [0.2, 0.25) is 5.69 Å². The number of ether oxygens (including phenoxy) is 1. The van der Waals surface area contributed by atoms with Crippen molar-refractivity contribution in [2.75, 3.05) is 11.9 Å². The Morgan fingerprint density at radius 2 is 1.86 bits per heavy atom. The highest BCUT2D eigenvalue weighted by molar-refractivity contribution is 7.17. The van der Waals surface area contributed by atoms with Crippen LogP contribution in [0.2, 0.25) is 0 Å². The number of hydrogen-bond donors (Lipinski definition) is 1. The number of amides is 1. The summed E-state index contributed by atoms with van der Waals surface area (Å²) in [5, 5.41) is 19.8. The number of hydrogen-bond acceptors (Lipinski definition) is 7. The second-order valence-electron chi connectivity index (χ2n) is 11.2. The van der Waals surface area contributed by atoms with Crippen LogP contribution in [0.5, 0.6) is 0 Å². The second-order valence-corrected chi connectivity index (χ2v) is 12.3. The summed E-state index contributed by atoms with van der Waals surface area (Å²) in [6.07, 6.45) is 12.5. The summed E-state index contributed by atoms with van der Waals surface area (Å²) in [4.78, 5) is 38.9. The van der Waals surface area contributed by atoms with Crippen LogP contribution in [0.3, 0.4) is 0 Å². The molecule has 2 aromatic rings. The molecular formula is C26H32N4O5S. The minimum atomic E-state index is -0.645. The lowest BCUT2D eigenvalue weighted by Crippen LogP contribution is -2.52. The minimum absolute atomic E-state index is 0.185. The van der Waals surface area contributed by atoms with Crippen molar-refractivity contribution in [1.82, 2.24) is 9.78 Å². The van der Waals surface area contributed by atoms with Crippen LogP contribution in [0.15, 0.2) is 6.20 Å². The van der Waals surface area contributed by atoms with Gasteiger partial charge in [0.25, 0.3) is 5.91 Å². The van der Waals surface area contributed by atoms with Crippen molar-refractivity contribution in [1.29, 1.82) is 0 Å². The third-order valence-electron chi connectivity index (χ3n) is 8.64. The summed E-state index contributed by atoms with van der Waals surface area (Å²) >= 11 is 1.38. The van der Waals surface area contributed by atoms with Gasteiger partial charge in [-0.15, -0.1) is 11.3 Å². The zero-order valence-corrected chi connectivity index (χ0v) is 21.4. The number of nitrogens with one attached hydrogen (secondary N) is 1. The van der Waals surface area contributed by atoms with Gasteiger partial charge in [0.05, 0.1) is 22.6 Å². The van der Waals surface area contributed by atoms with E-state index in [4.69, 9.17) is 4.74 Å². The summed E-state index contributed by atoms with van der Waals surface area (Å²) < 4.78 is 7.17. The first-order valence-corrected chi connectivity index (χ1v) is 14.1. The molecule has 4 saturated carbocycles.